The van der Waals surface area contributed by atoms with Gasteiger partial charge < -0.3 is 29.2 Å². The number of anilines is 3. The summed E-state index contributed by atoms with van der Waals surface area (Å²) in [6.07, 6.45) is 7.74. The maximum Gasteiger partial charge on any atom is 0.239 e. The van der Waals surface area contributed by atoms with Gasteiger partial charge >= 0.3 is 0 Å². The first-order valence-electron chi connectivity index (χ1n) is 14.8. The molecule has 3 aliphatic heterocycles. The number of methoxy groups -OCH3 is 1. The Labute approximate surface area is 247 Å². The Bertz CT molecular complexity index is 1350. The minimum absolute atomic E-state index is 0.0976. The highest BCUT2D eigenvalue weighted by atomic mass is 16.5. The van der Waals surface area contributed by atoms with Gasteiger partial charge in [-0.25, -0.2) is 9.97 Å². The quantitative estimate of drug-likeness (QED) is 0.495. The van der Waals surface area contributed by atoms with Gasteiger partial charge in [0.2, 0.25) is 5.88 Å². The van der Waals surface area contributed by atoms with Gasteiger partial charge in [-0.15, -0.1) is 0 Å². The number of rotatable bonds is 8. The fourth-order valence-corrected chi connectivity index (χ4v) is 6.37. The third kappa shape index (κ3) is 6.07. The molecular weight excluding hydrogens is 534 g/mol. The minimum atomic E-state index is -0.355. The fraction of sp³-hybridized carbons (Fsp3) is 0.548. The van der Waals surface area contributed by atoms with Gasteiger partial charge in [-0.05, 0) is 44.1 Å². The Hall–Kier alpha value is -3.72. The van der Waals surface area contributed by atoms with Crippen molar-refractivity contribution in [1.29, 1.82) is 5.26 Å². The molecule has 0 aromatic carbocycles. The molecule has 0 radical (unpaired) electrons. The summed E-state index contributed by atoms with van der Waals surface area (Å²) in [5.41, 5.74) is 2.70. The van der Waals surface area contributed by atoms with E-state index in [1.807, 2.05) is 24.3 Å². The zero-order valence-corrected chi connectivity index (χ0v) is 24.5. The van der Waals surface area contributed by atoms with Gasteiger partial charge in [-0.3, -0.25) is 4.90 Å². The molecule has 2 aromatic heterocycles. The first-order valence-corrected chi connectivity index (χ1v) is 14.8. The van der Waals surface area contributed by atoms with Crippen LogP contribution in [-0.2, 0) is 14.2 Å². The highest BCUT2D eigenvalue weighted by Crippen LogP contribution is 2.35. The monoisotopic (exact) mass is 573 g/mol. The fourth-order valence-electron chi connectivity index (χ4n) is 6.37. The van der Waals surface area contributed by atoms with Gasteiger partial charge in [-0.2, -0.15) is 10.2 Å². The van der Waals surface area contributed by atoms with Crippen LogP contribution in [0.3, 0.4) is 0 Å². The van der Waals surface area contributed by atoms with Crippen molar-refractivity contribution in [3.05, 3.63) is 48.1 Å². The lowest BCUT2D eigenvalue weighted by atomic mass is 9.91. The van der Waals surface area contributed by atoms with Crippen LogP contribution >= 0.6 is 0 Å². The maximum absolute atomic E-state index is 9.85. The summed E-state index contributed by atoms with van der Waals surface area (Å²) in [4.78, 5) is 18.6. The van der Waals surface area contributed by atoms with Gasteiger partial charge in [0.05, 0.1) is 51.3 Å². The second-order valence-electron chi connectivity index (χ2n) is 11.5. The van der Waals surface area contributed by atoms with Crippen LogP contribution in [0.4, 0.5) is 17.3 Å². The maximum atomic E-state index is 9.85. The smallest absolute Gasteiger partial charge is 0.239 e. The van der Waals surface area contributed by atoms with Crippen LogP contribution in [0.2, 0.25) is 0 Å². The summed E-state index contributed by atoms with van der Waals surface area (Å²) in [6.45, 7) is 9.39. The van der Waals surface area contributed by atoms with E-state index in [-0.39, 0.29) is 12.0 Å². The molecule has 3 fully saturated rings. The largest absolute Gasteiger partial charge is 0.493 e. The third-order valence-electron chi connectivity index (χ3n) is 8.50. The van der Waals surface area contributed by atoms with Crippen molar-refractivity contribution in [3.63, 3.8) is 0 Å². The molecule has 11 nitrogen and oxygen atoms in total. The molecule has 1 aliphatic carbocycles. The number of aromatic nitrogens is 3. The van der Waals surface area contributed by atoms with Gasteiger partial charge in [0.1, 0.15) is 41.4 Å². The Morgan fingerprint density at radius 2 is 1.81 bits per heavy atom. The third-order valence-corrected chi connectivity index (χ3v) is 8.50. The van der Waals surface area contributed by atoms with E-state index in [4.69, 9.17) is 23.9 Å². The molecule has 3 saturated heterocycles. The molecule has 2 aromatic rings. The minimum Gasteiger partial charge on any atom is -0.493 e. The molecule has 11 heteroatoms. The van der Waals surface area contributed by atoms with Crippen LogP contribution < -0.4 is 15.0 Å². The number of ether oxygens (including phenoxy) is 4. The number of hydrogen-bond donors (Lipinski definition) is 1. The van der Waals surface area contributed by atoms with E-state index >= 15 is 0 Å². The molecular formula is C31H39N7O4. The van der Waals surface area contributed by atoms with Crippen molar-refractivity contribution in [2.75, 3.05) is 56.8 Å². The van der Waals surface area contributed by atoms with Crippen molar-refractivity contribution in [3.8, 4) is 11.9 Å². The molecule has 222 valence electrons. The molecule has 1 N–H and O–H groups in total. The normalized spacial score (nSPS) is 25.6. The predicted molar refractivity (Wildman–Crippen MR) is 158 cm³/mol. The van der Waals surface area contributed by atoms with Crippen molar-refractivity contribution in [2.45, 2.75) is 57.3 Å². The lowest BCUT2D eigenvalue weighted by Gasteiger charge is -2.51. The van der Waals surface area contributed by atoms with E-state index in [0.717, 1.165) is 61.9 Å². The number of pyridine rings is 1. The van der Waals surface area contributed by atoms with Crippen molar-refractivity contribution in [2.24, 2.45) is 5.92 Å². The van der Waals surface area contributed by atoms with Crippen molar-refractivity contribution < 1.29 is 18.9 Å². The number of piperazine rings is 1. The first-order chi connectivity index (χ1) is 20.5. The van der Waals surface area contributed by atoms with E-state index in [1.165, 1.54) is 6.33 Å². The average Bonchev–Trinajstić information content (AvgIpc) is 2.98. The number of nitrogens with one attached hydrogen (secondary N) is 1. The molecule has 4 aliphatic rings. The average molecular weight is 574 g/mol. The van der Waals surface area contributed by atoms with Gasteiger partial charge in [-0.1, -0.05) is 6.08 Å². The van der Waals surface area contributed by atoms with Crippen LogP contribution in [0.1, 0.15) is 38.8 Å². The molecule has 6 rings (SSSR count). The van der Waals surface area contributed by atoms with Gasteiger partial charge in [0.25, 0.3) is 0 Å². The van der Waals surface area contributed by atoms with E-state index < -0.39 is 0 Å². The lowest BCUT2D eigenvalue weighted by Crippen LogP contribution is -2.64. The Kier molecular flexibility index (Phi) is 8.55. The summed E-state index contributed by atoms with van der Waals surface area (Å²) < 4.78 is 22.8. The standard InChI is InChI=1S/C31H39N7O4/c1-20-15-37(16-21(2)38(20)24-17-41-18-24)27-5-7-29(36-31(27)39-3)35-30-13-26(33-19-34-30)22-4-6-28(23(12-22)14-32)42-25-8-10-40-11-9-25/h4-7,13,19-21,23-25H,8-12,15-18H2,1-3H3,(H,33,34,35,36)/t20-,21+,23?. The zero-order chi connectivity index (χ0) is 29.1. The van der Waals surface area contributed by atoms with Crippen LogP contribution in [0.5, 0.6) is 5.88 Å². The summed E-state index contributed by atoms with van der Waals surface area (Å²) in [6, 6.07) is 9.61. The topological polar surface area (TPSA) is 118 Å². The highest BCUT2D eigenvalue weighted by Gasteiger charge is 2.38. The van der Waals surface area contributed by atoms with Gasteiger partial charge in [0.15, 0.2) is 0 Å². The number of nitrogens with zero attached hydrogens (tertiary/aromatic N) is 6. The second kappa shape index (κ2) is 12.7. The molecule has 5 heterocycles. The molecule has 1 unspecified atom stereocenters. The molecule has 3 atom stereocenters. The van der Waals surface area contributed by atoms with Crippen molar-refractivity contribution >= 4 is 22.9 Å². The first kappa shape index (κ1) is 28.4. The SMILES string of the molecule is COc1nc(Nc2cc(C3=CC=C(OC4CCOCC4)C(C#N)C3)ncn2)ccc1N1C[C@@H](C)N(C2COC2)[C@@H](C)C1. The Morgan fingerprint density at radius 1 is 1.02 bits per heavy atom. The van der Waals surface area contributed by atoms with Crippen LogP contribution in [0.15, 0.2) is 42.4 Å². The van der Waals surface area contributed by atoms with E-state index in [1.54, 1.807) is 7.11 Å². The van der Waals surface area contributed by atoms with Crippen LogP contribution in [0.25, 0.3) is 5.57 Å². The van der Waals surface area contributed by atoms with Crippen LogP contribution in [0, 0.1) is 17.2 Å². The highest BCUT2D eigenvalue weighted by molar-refractivity contribution is 5.70. The van der Waals surface area contributed by atoms with Gasteiger partial charge in [0, 0.05) is 44.1 Å². The molecule has 0 bridgehead atoms. The Balaban J connectivity index is 1.14. The predicted octanol–water partition coefficient (Wildman–Crippen LogP) is 3.93. The van der Waals surface area contributed by atoms with Crippen molar-refractivity contribution in [1.82, 2.24) is 19.9 Å². The summed E-state index contributed by atoms with van der Waals surface area (Å²) >= 11 is 0. The van der Waals surface area contributed by atoms with Crippen LogP contribution in [-0.4, -0.2) is 90.7 Å². The number of hydrogen-bond acceptors (Lipinski definition) is 11. The second-order valence-corrected chi connectivity index (χ2v) is 11.5. The van der Waals surface area contributed by atoms with E-state index in [2.05, 4.69) is 51.1 Å². The summed E-state index contributed by atoms with van der Waals surface area (Å²) in [5, 5.41) is 13.2. The summed E-state index contributed by atoms with van der Waals surface area (Å²) in [7, 11) is 1.65. The number of nitriles is 1. The molecule has 0 saturated carbocycles. The lowest BCUT2D eigenvalue weighted by molar-refractivity contribution is -0.0940. The molecule has 0 amide bonds. The molecule has 42 heavy (non-hydrogen) atoms. The number of allylic oxidation sites excluding steroid dienone is 4. The van der Waals surface area contributed by atoms with E-state index in [9.17, 15) is 5.26 Å². The van der Waals surface area contributed by atoms with E-state index in [0.29, 0.717) is 55.3 Å². The molecule has 0 spiro atoms. The zero-order valence-electron chi connectivity index (χ0n) is 24.5. The Morgan fingerprint density at radius 3 is 2.50 bits per heavy atom. The summed E-state index contributed by atoms with van der Waals surface area (Å²) in [5.74, 6) is 2.18.